The summed E-state index contributed by atoms with van der Waals surface area (Å²) in [5.74, 6) is 0.250. The lowest BCUT2D eigenvalue weighted by Gasteiger charge is -2.19. The van der Waals surface area contributed by atoms with Crippen LogP contribution in [0.2, 0.25) is 0 Å². The number of aryl methyl sites for hydroxylation is 2. The summed E-state index contributed by atoms with van der Waals surface area (Å²) in [5, 5.41) is 3.50. The molecule has 5 heteroatoms. The summed E-state index contributed by atoms with van der Waals surface area (Å²) >= 11 is 0. The van der Waals surface area contributed by atoms with E-state index in [0.29, 0.717) is 6.42 Å². The standard InChI is InChI=1S/C15H26N2O2S/c1-5-8-16-15(7-6-9-20(4,18)19)14-10-12(2)17-13(3)11-14/h10-11,15-16H,5-9H2,1-4H3. The third-order valence-electron chi connectivity index (χ3n) is 3.15. The number of rotatable bonds is 8. The van der Waals surface area contributed by atoms with E-state index in [9.17, 15) is 8.42 Å². The smallest absolute Gasteiger partial charge is 0.147 e. The monoisotopic (exact) mass is 298 g/mol. The van der Waals surface area contributed by atoms with Gasteiger partial charge in [0.15, 0.2) is 0 Å². The van der Waals surface area contributed by atoms with Crippen LogP contribution in [0.1, 0.15) is 49.2 Å². The van der Waals surface area contributed by atoms with Crippen LogP contribution in [0.4, 0.5) is 0 Å². The number of nitrogens with one attached hydrogen (secondary N) is 1. The first-order valence-corrected chi connectivity index (χ1v) is 9.24. The average molecular weight is 298 g/mol. The number of hydrogen-bond acceptors (Lipinski definition) is 4. The number of sulfone groups is 1. The van der Waals surface area contributed by atoms with Crippen LogP contribution in [0.5, 0.6) is 0 Å². The SMILES string of the molecule is CCCNC(CCCS(C)(=O)=O)c1cc(C)nc(C)c1. The average Bonchev–Trinajstić information content (AvgIpc) is 2.30. The third kappa shape index (κ3) is 6.48. The molecule has 1 heterocycles. The van der Waals surface area contributed by atoms with Gasteiger partial charge in [-0.15, -0.1) is 0 Å². The molecule has 0 radical (unpaired) electrons. The molecule has 1 unspecified atom stereocenters. The van der Waals surface area contributed by atoms with Crippen LogP contribution in [0, 0.1) is 13.8 Å². The van der Waals surface area contributed by atoms with Gasteiger partial charge in [-0.3, -0.25) is 4.98 Å². The Kier molecular flexibility index (Phi) is 6.62. The van der Waals surface area contributed by atoms with Crippen LogP contribution in [-0.2, 0) is 9.84 Å². The molecule has 0 saturated heterocycles. The van der Waals surface area contributed by atoms with Gasteiger partial charge >= 0.3 is 0 Å². The van der Waals surface area contributed by atoms with Crippen LogP contribution < -0.4 is 5.32 Å². The van der Waals surface area contributed by atoms with Crippen molar-refractivity contribution in [2.75, 3.05) is 18.6 Å². The van der Waals surface area contributed by atoms with Gasteiger partial charge in [-0.05, 0) is 57.4 Å². The predicted octanol–water partition coefficient (Wildman–Crippen LogP) is 2.56. The van der Waals surface area contributed by atoms with E-state index in [-0.39, 0.29) is 11.8 Å². The van der Waals surface area contributed by atoms with Gasteiger partial charge in [0.2, 0.25) is 0 Å². The zero-order chi connectivity index (χ0) is 15.2. The topological polar surface area (TPSA) is 59.1 Å². The summed E-state index contributed by atoms with van der Waals surface area (Å²) in [7, 11) is -2.88. The molecule has 1 aromatic heterocycles. The summed E-state index contributed by atoms with van der Waals surface area (Å²) in [6, 6.07) is 4.37. The Balaban J connectivity index is 2.77. The van der Waals surface area contributed by atoms with E-state index in [2.05, 4.69) is 29.4 Å². The Morgan fingerprint density at radius 1 is 1.25 bits per heavy atom. The van der Waals surface area contributed by atoms with Crippen molar-refractivity contribution in [1.82, 2.24) is 10.3 Å². The fraction of sp³-hybridized carbons (Fsp3) is 0.667. The van der Waals surface area contributed by atoms with Gasteiger partial charge in [0.1, 0.15) is 9.84 Å². The minimum absolute atomic E-state index is 0.206. The van der Waals surface area contributed by atoms with E-state index < -0.39 is 9.84 Å². The van der Waals surface area contributed by atoms with Crippen molar-refractivity contribution in [1.29, 1.82) is 0 Å². The van der Waals surface area contributed by atoms with Gasteiger partial charge in [0, 0.05) is 29.4 Å². The molecule has 0 aliphatic heterocycles. The van der Waals surface area contributed by atoms with Gasteiger partial charge in [-0.1, -0.05) is 6.92 Å². The van der Waals surface area contributed by atoms with E-state index in [1.54, 1.807) is 0 Å². The normalized spacial score (nSPS) is 13.4. The van der Waals surface area contributed by atoms with Gasteiger partial charge < -0.3 is 5.32 Å². The molecule has 0 bridgehead atoms. The molecule has 1 atom stereocenters. The van der Waals surface area contributed by atoms with Crippen molar-refractivity contribution in [2.24, 2.45) is 0 Å². The molecule has 0 fully saturated rings. The van der Waals surface area contributed by atoms with Gasteiger partial charge in [-0.25, -0.2) is 8.42 Å². The van der Waals surface area contributed by atoms with Crippen molar-refractivity contribution < 1.29 is 8.42 Å². The number of hydrogen-bond donors (Lipinski definition) is 1. The van der Waals surface area contributed by atoms with Crippen LogP contribution in [0.25, 0.3) is 0 Å². The first-order valence-electron chi connectivity index (χ1n) is 7.18. The molecule has 4 nitrogen and oxygen atoms in total. The Morgan fingerprint density at radius 3 is 2.35 bits per heavy atom. The second-order valence-electron chi connectivity index (χ2n) is 5.46. The highest BCUT2D eigenvalue weighted by Gasteiger charge is 2.13. The fourth-order valence-electron chi connectivity index (χ4n) is 2.32. The lowest BCUT2D eigenvalue weighted by Crippen LogP contribution is -2.23. The summed E-state index contributed by atoms with van der Waals surface area (Å²) in [5.41, 5.74) is 3.22. The second-order valence-corrected chi connectivity index (χ2v) is 7.72. The largest absolute Gasteiger partial charge is 0.310 e. The Labute approximate surface area is 122 Å². The molecule has 1 rings (SSSR count). The van der Waals surface area contributed by atoms with E-state index in [4.69, 9.17) is 0 Å². The Hall–Kier alpha value is -0.940. The van der Waals surface area contributed by atoms with E-state index in [1.807, 2.05) is 13.8 Å². The summed E-state index contributed by atoms with van der Waals surface area (Å²) in [6.07, 6.45) is 3.87. The van der Waals surface area contributed by atoms with E-state index in [0.717, 1.165) is 30.8 Å². The molecular weight excluding hydrogens is 272 g/mol. The molecule has 0 spiro atoms. The number of pyridine rings is 1. The van der Waals surface area contributed by atoms with Crippen LogP contribution in [-0.4, -0.2) is 32.0 Å². The quantitative estimate of drug-likeness (QED) is 0.801. The van der Waals surface area contributed by atoms with Gasteiger partial charge in [0.25, 0.3) is 0 Å². The molecule has 0 amide bonds. The molecule has 0 aliphatic rings. The number of aromatic nitrogens is 1. The molecule has 0 aromatic carbocycles. The first kappa shape index (κ1) is 17.1. The third-order valence-corrected chi connectivity index (χ3v) is 4.19. The van der Waals surface area contributed by atoms with Gasteiger partial charge in [0.05, 0.1) is 0 Å². The van der Waals surface area contributed by atoms with Crippen LogP contribution >= 0.6 is 0 Å². The second kappa shape index (κ2) is 7.74. The molecule has 0 saturated carbocycles. The lowest BCUT2D eigenvalue weighted by atomic mass is 10.0. The zero-order valence-electron chi connectivity index (χ0n) is 12.9. The maximum atomic E-state index is 11.2. The molecule has 20 heavy (non-hydrogen) atoms. The molecule has 114 valence electrons. The first-order chi connectivity index (χ1) is 9.31. The van der Waals surface area contributed by atoms with Crippen molar-refractivity contribution in [3.8, 4) is 0 Å². The van der Waals surface area contributed by atoms with Crippen molar-refractivity contribution in [3.63, 3.8) is 0 Å². The minimum atomic E-state index is -2.88. The highest BCUT2D eigenvalue weighted by molar-refractivity contribution is 7.90. The summed E-state index contributed by atoms with van der Waals surface area (Å²) in [4.78, 5) is 4.39. The van der Waals surface area contributed by atoms with Crippen LogP contribution in [0.3, 0.4) is 0 Å². The lowest BCUT2D eigenvalue weighted by molar-refractivity contribution is 0.491. The minimum Gasteiger partial charge on any atom is -0.310 e. The van der Waals surface area contributed by atoms with Gasteiger partial charge in [-0.2, -0.15) is 0 Å². The van der Waals surface area contributed by atoms with Crippen LogP contribution in [0.15, 0.2) is 12.1 Å². The Bertz CT molecular complexity index is 506. The predicted molar refractivity (Wildman–Crippen MR) is 83.7 cm³/mol. The summed E-state index contributed by atoms with van der Waals surface area (Å²) in [6.45, 7) is 7.04. The Morgan fingerprint density at radius 2 is 1.85 bits per heavy atom. The van der Waals surface area contributed by atoms with E-state index >= 15 is 0 Å². The highest BCUT2D eigenvalue weighted by Crippen LogP contribution is 2.20. The van der Waals surface area contributed by atoms with E-state index in [1.165, 1.54) is 11.8 Å². The van der Waals surface area contributed by atoms with Crippen molar-refractivity contribution in [3.05, 3.63) is 29.1 Å². The highest BCUT2D eigenvalue weighted by atomic mass is 32.2. The zero-order valence-corrected chi connectivity index (χ0v) is 13.8. The summed E-state index contributed by atoms with van der Waals surface area (Å²) < 4.78 is 22.5. The maximum Gasteiger partial charge on any atom is 0.147 e. The molecule has 1 aromatic rings. The molecule has 0 aliphatic carbocycles. The molecular formula is C15H26N2O2S. The number of nitrogens with zero attached hydrogens (tertiary/aromatic N) is 1. The van der Waals surface area contributed by atoms with Crippen molar-refractivity contribution in [2.45, 2.75) is 46.1 Å². The fourth-order valence-corrected chi connectivity index (χ4v) is 3.01. The molecule has 1 N–H and O–H groups in total. The maximum absolute atomic E-state index is 11.2. The van der Waals surface area contributed by atoms with Crippen molar-refractivity contribution >= 4 is 9.84 Å².